The van der Waals surface area contributed by atoms with E-state index in [4.69, 9.17) is 5.11 Å². The molecule has 6 nitrogen and oxygen atoms in total. The van der Waals surface area contributed by atoms with Crippen LogP contribution >= 0.6 is 0 Å². The SMILES string of the molecule is CC(C)C[C@H](NC(=O)N1CCN(C)CC1)C(=O)O. The van der Waals surface area contributed by atoms with Crippen LogP contribution in [0.4, 0.5) is 4.79 Å². The number of aliphatic carboxylic acids is 1. The Morgan fingerprint density at radius 1 is 1.22 bits per heavy atom. The van der Waals surface area contributed by atoms with Crippen molar-refractivity contribution in [3.05, 3.63) is 0 Å². The number of hydrogen-bond acceptors (Lipinski definition) is 3. The van der Waals surface area contributed by atoms with Crippen molar-refractivity contribution >= 4 is 12.0 Å². The molecule has 0 spiro atoms. The van der Waals surface area contributed by atoms with Crippen LogP contribution in [0.25, 0.3) is 0 Å². The summed E-state index contributed by atoms with van der Waals surface area (Å²) in [7, 11) is 2.01. The highest BCUT2D eigenvalue weighted by Gasteiger charge is 2.25. The van der Waals surface area contributed by atoms with Gasteiger partial charge in [0.1, 0.15) is 6.04 Å². The summed E-state index contributed by atoms with van der Waals surface area (Å²) in [5.41, 5.74) is 0. The third-order valence-corrected chi connectivity index (χ3v) is 3.09. The average molecular weight is 257 g/mol. The topological polar surface area (TPSA) is 72.9 Å². The number of carboxylic acids is 1. The van der Waals surface area contributed by atoms with Crippen LogP contribution in [0.1, 0.15) is 20.3 Å². The number of piperazine rings is 1. The molecule has 1 atom stereocenters. The standard InChI is InChI=1S/C12H23N3O3/c1-9(2)8-10(11(16)17)13-12(18)15-6-4-14(3)5-7-15/h9-10H,4-8H2,1-3H3,(H,13,18)(H,16,17)/t10-/m0/s1. The van der Waals surface area contributed by atoms with Crippen molar-refractivity contribution in [3.8, 4) is 0 Å². The Morgan fingerprint density at radius 3 is 2.22 bits per heavy atom. The number of nitrogens with one attached hydrogen (secondary N) is 1. The fourth-order valence-corrected chi connectivity index (χ4v) is 1.94. The zero-order chi connectivity index (χ0) is 13.7. The molecule has 0 aromatic heterocycles. The van der Waals surface area contributed by atoms with Gasteiger partial charge >= 0.3 is 12.0 Å². The Hall–Kier alpha value is -1.30. The minimum atomic E-state index is -0.967. The lowest BCUT2D eigenvalue weighted by Gasteiger charge is -2.33. The Balaban J connectivity index is 2.48. The molecular formula is C12H23N3O3. The van der Waals surface area contributed by atoms with Gasteiger partial charge in [-0.25, -0.2) is 9.59 Å². The third-order valence-electron chi connectivity index (χ3n) is 3.09. The first-order valence-electron chi connectivity index (χ1n) is 6.37. The normalized spacial score (nSPS) is 18.8. The summed E-state index contributed by atoms with van der Waals surface area (Å²) in [6.45, 7) is 6.84. The molecule has 1 aliphatic heterocycles. The molecule has 0 aromatic rings. The lowest BCUT2D eigenvalue weighted by atomic mass is 10.0. The van der Waals surface area contributed by atoms with Gasteiger partial charge in [0, 0.05) is 26.2 Å². The van der Waals surface area contributed by atoms with E-state index in [0.29, 0.717) is 19.5 Å². The highest BCUT2D eigenvalue weighted by molar-refractivity contribution is 5.82. The molecule has 1 saturated heterocycles. The second-order valence-corrected chi connectivity index (χ2v) is 5.26. The maximum absolute atomic E-state index is 11.9. The highest BCUT2D eigenvalue weighted by Crippen LogP contribution is 2.06. The Labute approximate surface area is 108 Å². The summed E-state index contributed by atoms with van der Waals surface area (Å²) in [5, 5.41) is 11.7. The van der Waals surface area contributed by atoms with Crippen molar-refractivity contribution in [3.63, 3.8) is 0 Å². The maximum Gasteiger partial charge on any atom is 0.326 e. The smallest absolute Gasteiger partial charge is 0.326 e. The summed E-state index contributed by atoms with van der Waals surface area (Å²) < 4.78 is 0. The number of hydrogen-bond donors (Lipinski definition) is 2. The van der Waals surface area contributed by atoms with Crippen molar-refractivity contribution in [1.82, 2.24) is 15.1 Å². The van der Waals surface area contributed by atoms with E-state index in [1.165, 1.54) is 0 Å². The van der Waals surface area contributed by atoms with E-state index in [-0.39, 0.29) is 11.9 Å². The number of carbonyl (C=O) groups excluding carboxylic acids is 1. The third kappa shape index (κ3) is 4.52. The summed E-state index contributed by atoms with van der Waals surface area (Å²) in [4.78, 5) is 26.8. The van der Waals surface area contributed by atoms with Gasteiger partial charge in [-0.3, -0.25) is 0 Å². The van der Waals surface area contributed by atoms with Crippen molar-refractivity contribution in [2.24, 2.45) is 5.92 Å². The second-order valence-electron chi connectivity index (χ2n) is 5.26. The highest BCUT2D eigenvalue weighted by atomic mass is 16.4. The van der Waals surface area contributed by atoms with Crippen LogP contribution in [-0.4, -0.2) is 66.2 Å². The predicted molar refractivity (Wildman–Crippen MR) is 68.5 cm³/mol. The average Bonchev–Trinajstić information content (AvgIpc) is 2.28. The van der Waals surface area contributed by atoms with Crippen molar-refractivity contribution in [2.45, 2.75) is 26.3 Å². The van der Waals surface area contributed by atoms with E-state index in [9.17, 15) is 9.59 Å². The Kier molecular flexibility index (Phi) is 5.40. The van der Waals surface area contributed by atoms with Crippen molar-refractivity contribution in [1.29, 1.82) is 0 Å². The first kappa shape index (κ1) is 14.8. The van der Waals surface area contributed by atoms with Gasteiger partial charge in [-0.05, 0) is 19.4 Å². The summed E-state index contributed by atoms with van der Waals surface area (Å²) in [5.74, 6) is -0.731. The quantitative estimate of drug-likeness (QED) is 0.766. The molecule has 0 aliphatic carbocycles. The fourth-order valence-electron chi connectivity index (χ4n) is 1.94. The molecule has 0 saturated carbocycles. The van der Waals surface area contributed by atoms with Gasteiger partial charge in [0.25, 0.3) is 0 Å². The molecule has 1 rings (SSSR count). The lowest BCUT2D eigenvalue weighted by molar-refractivity contribution is -0.139. The maximum atomic E-state index is 11.9. The molecule has 0 aromatic carbocycles. The van der Waals surface area contributed by atoms with Crippen LogP contribution in [0.3, 0.4) is 0 Å². The minimum absolute atomic E-state index is 0.235. The summed E-state index contributed by atoms with van der Waals surface area (Å²) in [6, 6.07) is -1.06. The lowest BCUT2D eigenvalue weighted by Crippen LogP contribution is -2.54. The number of carboxylic acid groups (broad SMARTS) is 1. The molecule has 2 N–H and O–H groups in total. The molecule has 6 heteroatoms. The van der Waals surface area contributed by atoms with Crippen LogP contribution in [-0.2, 0) is 4.79 Å². The van der Waals surface area contributed by atoms with Crippen molar-refractivity contribution in [2.75, 3.05) is 33.2 Å². The molecule has 1 aliphatic rings. The molecule has 18 heavy (non-hydrogen) atoms. The van der Waals surface area contributed by atoms with Gasteiger partial charge in [0.15, 0.2) is 0 Å². The second kappa shape index (κ2) is 6.58. The van der Waals surface area contributed by atoms with E-state index >= 15 is 0 Å². The van der Waals surface area contributed by atoms with E-state index < -0.39 is 12.0 Å². The minimum Gasteiger partial charge on any atom is -0.480 e. The number of carbonyl (C=O) groups is 2. The number of nitrogens with zero attached hydrogens (tertiary/aromatic N) is 2. The van der Waals surface area contributed by atoms with Crippen LogP contribution in [0.5, 0.6) is 0 Å². The molecule has 0 unspecified atom stereocenters. The molecular weight excluding hydrogens is 234 g/mol. The molecule has 0 bridgehead atoms. The van der Waals surface area contributed by atoms with Gasteiger partial charge in [-0.2, -0.15) is 0 Å². The summed E-state index contributed by atoms with van der Waals surface area (Å²) in [6.07, 6.45) is 0.453. The number of likely N-dealkylation sites (N-methyl/N-ethyl adjacent to an activating group) is 1. The van der Waals surface area contributed by atoms with Crippen LogP contribution in [0, 0.1) is 5.92 Å². The monoisotopic (exact) mass is 257 g/mol. The predicted octanol–water partition coefficient (Wildman–Crippen LogP) is 0.443. The molecule has 2 amide bonds. The molecule has 0 radical (unpaired) electrons. The molecule has 1 fully saturated rings. The van der Waals surface area contributed by atoms with Gasteiger partial charge in [-0.1, -0.05) is 13.8 Å². The van der Waals surface area contributed by atoms with E-state index in [2.05, 4.69) is 10.2 Å². The van der Waals surface area contributed by atoms with E-state index in [0.717, 1.165) is 13.1 Å². The van der Waals surface area contributed by atoms with E-state index in [1.807, 2.05) is 20.9 Å². The number of urea groups is 1. The number of rotatable bonds is 4. The first-order chi connectivity index (χ1) is 8.40. The van der Waals surface area contributed by atoms with Crippen LogP contribution in [0.15, 0.2) is 0 Å². The zero-order valence-corrected chi connectivity index (χ0v) is 11.3. The van der Waals surface area contributed by atoms with Crippen LogP contribution in [0.2, 0.25) is 0 Å². The van der Waals surface area contributed by atoms with Gasteiger partial charge < -0.3 is 20.2 Å². The van der Waals surface area contributed by atoms with Gasteiger partial charge in [0.05, 0.1) is 0 Å². The number of amides is 2. The molecule has 104 valence electrons. The van der Waals surface area contributed by atoms with Crippen molar-refractivity contribution < 1.29 is 14.7 Å². The fraction of sp³-hybridized carbons (Fsp3) is 0.833. The van der Waals surface area contributed by atoms with Gasteiger partial charge in [0.2, 0.25) is 0 Å². The Morgan fingerprint density at radius 2 is 1.78 bits per heavy atom. The Bertz CT molecular complexity index is 299. The first-order valence-corrected chi connectivity index (χ1v) is 6.37. The van der Waals surface area contributed by atoms with Crippen LogP contribution < -0.4 is 5.32 Å². The summed E-state index contributed by atoms with van der Waals surface area (Å²) >= 11 is 0. The zero-order valence-electron chi connectivity index (χ0n) is 11.3. The van der Waals surface area contributed by atoms with Gasteiger partial charge in [-0.15, -0.1) is 0 Å². The largest absolute Gasteiger partial charge is 0.480 e. The van der Waals surface area contributed by atoms with E-state index in [1.54, 1.807) is 4.90 Å². The molecule has 1 heterocycles.